The van der Waals surface area contributed by atoms with E-state index >= 15 is 0 Å². The van der Waals surface area contributed by atoms with E-state index in [1.165, 1.54) is 7.05 Å². The lowest BCUT2D eigenvalue weighted by atomic mass is 9.80. The number of carbonyl (C=O) groups is 3. The lowest BCUT2D eigenvalue weighted by molar-refractivity contribution is -0.136. The molecule has 0 unspecified atom stereocenters. The fraction of sp³-hybridized carbons (Fsp3) is 0.357. The van der Waals surface area contributed by atoms with Crippen LogP contribution in [0.1, 0.15) is 48.2 Å². The maximum absolute atomic E-state index is 14.7. The Hall–Kier alpha value is -4.33. The number of benzene rings is 2. The second-order valence-corrected chi connectivity index (χ2v) is 10.1. The second-order valence-electron chi connectivity index (χ2n) is 10.1. The molecule has 1 spiro atoms. The van der Waals surface area contributed by atoms with E-state index in [1.807, 2.05) is 6.07 Å². The number of fused-ring (bicyclic) bond motifs is 3. The van der Waals surface area contributed by atoms with Crippen molar-refractivity contribution < 1.29 is 33.0 Å². The van der Waals surface area contributed by atoms with E-state index in [9.17, 15) is 32.8 Å². The largest absolute Gasteiger partial charge is 0.348 e. The van der Waals surface area contributed by atoms with Gasteiger partial charge in [-0.05, 0) is 30.0 Å². The molecule has 0 saturated carbocycles. The molecule has 3 aromatic rings. The number of likely N-dealkylation sites (N-methyl/N-ethyl adjacent to an activating group) is 1. The van der Waals surface area contributed by atoms with Gasteiger partial charge >= 0.3 is 0 Å². The predicted octanol–water partition coefficient (Wildman–Crippen LogP) is 4.09. The number of carbonyl (C=O) groups excluding carboxylic acids is 3. The molecule has 0 radical (unpaired) electrons. The summed E-state index contributed by atoms with van der Waals surface area (Å²) < 4.78 is 77.1. The quantitative estimate of drug-likeness (QED) is 0.475. The molecule has 202 valence electrons. The van der Waals surface area contributed by atoms with Gasteiger partial charge in [-0.2, -0.15) is 5.26 Å². The number of aromatic nitrogens is 1. The van der Waals surface area contributed by atoms with Crippen molar-refractivity contribution in [2.75, 3.05) is 18.9 Å². The number of nitrogens with zero attached hydrogens (tertiary/aromatic N) is 3. The van der Waals surface area contributed by atoms with Crippen molar-refractivity contribution in [1.82, 2.24) is 14.8 Å². The molecule has 3 amide bonds. The van der Waals surface area contributed by atoms with Crippen molar-refractivity contribution in [3.63, 3.8) is 0 Å². The third kappa shape index (κ3) is 4.11. The number of halogens is 3. The van der Waals surface area contributed by atoms with Crippen LogP contribution in [0, 0.1) is 34.7 Å². The number of hydrogen-bond donors (Lipinski definition) is 2. The number of nitrogens with one attached hydrogen (secondary N) is 2. The molecule has 39 heavy (non-hydrogen) atoms. The Kier molecular flexibility index (Phi) is 5.23. The van der Waals surface area contributed by atoms with Crippen LogP contribution < -0.4 is 5.32 Å². The Morgan fingerprint density at radius 2 is 2.00 bits per heavy atom. The van der Waals surface area contributed by atoms with E-state index in [0.29, 0.717) is 10.6 Å². The first-order chi connectivity index (χ1) is 20.1. The van der Waals surface area contributed by atoms with Gasteiger partial charge in [0.2, 0.25) is 11.8 Å². The standard InChI is InChI=1S/C28H26F3N5O3/c1-14(2)8-22(35(3)25(37)21-9-16-18(29)10-19(30)23(31)24(16)33-21)26(38)36-13-28(11-15(36)12-32)17-6-4-5-7-20(17)34-27(28)39/h4-7,9-10,14-15,22,33H,8,11,13H2,1-3H3,(H,34,39)/t15-,22-,28-/m0/s1/i9D,10D,13D2. The minimum atomic E-state index is -2.73. The van der Waals surface area contributed by atoms with Crippen LogP contribution in [0.4, 0.5) is 18.9 Å². The van der Waals surface area contributed by atoms with Crippen LogP contribution in [-0.2, 0) is 15.0 Å². The highest BCUT2D eigenvalue weighted by molar-refractivity contribution is 6.07. The van der Waals surface area contributed by atoms with Gasteiger partial charge in [0, 0.05) is 37.1 Å². The van der Waals surface area contributed by atoms with Crippen LogP contribution in [0.25, 0.3) is 10.9 Å². The van der Waals surface area contributed by atoms with E-state index in [-0.39, 0.29) is 24.3 Å². The van der Waals surface area contributed by atoms with Gasteiger partial charge in [0.25, 0.3) is 5.91 Å². The van der Waals surface area contributed by atoms with Crippen LogP contribution in [0.15, 0.2) is 36.4 Å². The van der Waals surface area contributed by atoms with Crippen molar-refractivity contribution in [2.24, 2.45) is 5.92 Å². The Labute approximate surface area is 228 Å². The summed E-state index contributed by atoms with van der Waals surface area (Å²) in [6.45, 7) is 0.725. The van der Waals surface area contributed by atoms with E-state index in [4.69, 9.17) is 5.48 Å². The van der Waals surface area contributed by atoms with E-state index in [0.717, 1.165) is 4.90 Å². The number of likely N-dealkylation sites (tertiary alicyclic amines) is 1. The monoisotopic (exact) mass is 541 g/mol. The van der Waals surface area contributed by atoms with Crippen LogP contribution >= 0.6 is 0 Å². The Morgan fingerprint density at radius 3 is 2.69 bits per heavy atom. The van der Waals surface area contributed by atoms with Crippen molar-refractivity contribution in [3.05, 3.63) is 65.1 Å². The molecule has 3 heterocycles. The molecule has 2 aromatic carbocycles. The van der Waals surface area contributed by atoms with E-state index in [2.05, 4.69) is 10.3 Å². The molecule has 0 bridgehead atoms. The fourth-order valence-electron chi connectivity index (χ4n) is 5.17. The molecule has 3 atom stereocenters. The number of H-pyrrole nitrogens is 1. The highest BCUT2D eigenvalue weighted by atomic mass is 19.2. The van der Waals surface area contributed by atoms with Crippen LogP contribution in [-0.4, -0.2) is 58.1 Å². The van der Waals surface area contributed by atoms with Crippen LogP contribution in [0.5, 0.6) is 0 Å². The molecule has 1 fully saturated rings. The molecular formula is C28H26F3N5O3. The molecule has 2 aliphatic rings. The maximum atomic E-state index is 14.7. The topological polar surface area (TPSA) is 109 Å². The summed E-state index contributed by atoms with van der Waals surface area (Å²) in [5.41, 5.74) is -2.81. The SMILES string of the molecule is [2H]c1c(F)c(F)c2[nH]c(C(=O)N(C)[C@@H](CC(C)C)C(=O)N3[C@H](C#N)C[C@]4(C(=O)Nc5ccccc54)C3([2H])[2H])c([2H])c2c1F. The van der Waals surface area contributed by atoms with Gasteiger partial charge in [-0.25, -0.2) is 13.2 Å². The van der Waals surface area contributed by atoms with E-state index < -0.39 is 87.9 Å². The van der Waals surface area contributed by atoms with Gasteiger partial charge < -0.3 is 20.1 Å². The van der Waals surface area contributed by atoms with Crippen molar-refractivity contribution in [2.45, 2.75) is 44.2 Å². The van der Waals surface area contributed by atoms with Crippen LogP contribution in [0.3, 0.4) is 0 Å². The van der Waals surface area contributed by atoms with Gasteiger partial charge in [0.05, 0.1) is 22.5 Å². The second kappa shape index (κ2) is 9.45. The predicted molar refractivity (Wildman–Crippen MR) is 136 cm³/mol. The number of aromatic amines is 1. The summed E-state index contributed by atoms with van der Waals surface area (Å²) >= 11 is 0. The van der Waals surface area contributed by atoms with E-state index in [1.54, 1.807) is 38.1 Å². The Morgan fingerprint density at radius 1 is 1.28 bits per heavy atom. The first-order valence-corrected chi connectivity index (χ1v) is 12.2. The van der Waals surface area contributed by atoms with Gasteiger partial charge in [0.1, 0.15) is 23.6 Å². The lowest BCUT2D eigenvalue weighted by Gasteiger charge is -2.33. The molecule has 2 aliphatic heterocycles. The summed E-state index contributed by atoms with van der Waals surface area (Å²) in [6, 6.07) is 3.17. The number of rotatable bonds is 5. The molecule has 0 aliphatic carbocycles. The molecule has 2 N–H and O–H groups in total. The zero-order valence-corrected chi connectivity index (χ0v) is 21.2. The number of anilines is 1. The lowest BCUT2D eigenvalue weighted by Crippen LogP contribution is -2.52. The molecule has 11 heteroatoms. The Bertz CT molecular complexity index is 1760. The molecule has 8 nitrogen and oxygen atoms in total. The zero-order chi connectivity index (χ0) is 31.8. The van der Waals surface area contributed by atoms with Gasteiger partial charge in [-0.1, -0.05) is 32.0 Å². The van der Waals surface area contributed by atoms with Gasteiger partial charge in [-0.15, -0.1) is 0 Å². The van der Waals surface area contributed by atoms with Crippen LogP contribution in [0.2, 0.25) is 0 Å². The van der Waals surface area contributed by atoms with Gasteiger partial charge in [-0.3, -0.25) is 14.4 Å². The van der Waals surface area contributed by atoms with Gasteiger partial charge in [0.15, 0.2) is 11.6 Å². The summed E-state index contributed by atoms with van der Waals surface area (Å²) in [7, 11) is 1.17. The first kappa shape index (κ1) is 21.6. The number of hydrogen-bond acceptors (Lipinski definition) is 4. The summed E-state index contributed by atoms with van der Waals surface area (Å²) in [5.74, 6) is -8.09. The Balaban J connectivity index is 1.58. The highest BCUT2D eigenvalue weighted by Gasteiger charge is 2.56. The fourth-order valence-corrected chi connectivity index (χ4v) is 5.17. The third-order valence-electron chi connectivity index (χ3n) is 7.11. The number of para-hydroxylation sites is 1. The van der Waals surface area contributed by atoms with Crippen molar-refractivity contribution >= 4 is 34.3 Å². The smallest absolute Gasteiger partial charge is 0.270 e. The van der Waals surface area contributed by atoms with Crippen molar-refractivity contribution in [1.29, 1.82) is 5.26 Å². The minimum Gasteiger partial charge on any atom is -0.348 e. The van der Waals surface area contributed by atoms with Crippen molar-refractivity contribution in [3.8, 4) is 6.07 Å². The summed E-state index contributed by atoms with van der Waals surface area (Å²) in [5, 5.41) is 11.8. The average molecular weight is 542 g/mol. The summed E-state index contributed by atoms with van der Waals surface area (Å²) in [6.07, 6.45) is -0.404. The maximum Gasteiger partial charge on any atom is 0.270 e. The molecular weight excluding hydrogens is 511 g/mol. The third-order valence-corrected chi connectivity index (χ3v) is 7.11. The number of nitriles is 1. The molecule has 1 aromatic heterocycles. The molecule has 1 saturated heterocycles. The molecule has 5 rings (SSSR count). The first-order valence-electron chi connectivity index (χ1n) is 14.2. The normalized spacial score (nSPS) is 23.6. The highest BCUT2D eigenvalue weighted by Crippen LogP contribution is 2.46. The average Bonchev–Trinajstić information content (AvgIpc) is 3.55. The number of amides is 3. The summed E-state index contributed by atoms with van der Waals surface area (Å²) in [4.78, 5) is 44.9. The zero-order valence-electron chi connectivity index (χ0n) is 25.2. The minimum absolute atomic E-state index is 0.0522.